The van der Waals surface area contributed by atoms with Crippen LogP contribution >= 0.6 is 0 Å². The Morgan fingerprint density at radius 1 is 1.31 bits per heavy atom. The van der Waals surface area contributed by atoms with Gasteiger partial charge in [-0.3, -0.25) is 0 Å². The molecule has 1 aliphatic carbocycles. The van der Waals surface area contributed by atoms with Gasteiger partial charge in [-0.05, 0) is 50.5 Å². The van der Waals surface area contributed by atoms with E-state index in [0.717, 1.165) is 18.6 Å². The second-order valence-corrected chi connectivity index (χ2v) is 3.92. The van der Waals surface area contributed by atoms with Gasteiger partial charge in [-0.15, -0.1) is 0 Å². The first-order valence-electron chi connectivity index (χ1n) is 5.73. The van der Waals surface area contributed by atoms with Gasteiger partial charge in [0.25, 0.3) is 0 Å². The maximum absolute atomic E-state index is 11.4. The Morgan fingerprint density at radius 3 is 2.50 bits per heavy atom. The van der Waals surface area contributed by atoms with Crippen LogP contribution in [0, 0.1) is 0 Å². The quantitative estimate of drug-likeness (QED) is 0.732. The SMILES string of the molecule is CCOC(=O)c1ccc(OC2CCC2)cc1. The fourth-order valence-electron chi connectivity index (χ4n) is 1.57. The summed E-state index contributed by atoms with van der Waals surface area (Å²) in [6.45, 7) is 2.20. The van der Waals surface area contributed by atoms with E-state index in [-0.39, 0.29) is 5.97 Å². The van der Waals surface area contributed by atoms with Crippen molar-refractivity contribution in [3.8, 4) is 5.75 Å². The first-order chi connectivity index (χ1) is 7.79. The molecule has 0 saturated heterocycles. The zero-order chi connectivity index (χ0) is 11.4. The Kier molecular flexibility index (Phi) is 3.44. The molecule has 16 heavy (non-hydrogen) atoms. The molecule has 0 heterocycles. The van der Waals surface area contributed by atoms with Crippen LogP contribution in [0.4, 0.5) is 0 Å². The van der Waals surface area contributed by atoms with Crippen molar-refractivity contribution in [2.24, 2.45) is 0 Å². The third kappa shape index (κ3) is 2.54. The first kappa shape index (κ1) is 11.0. The fraction of sp³-hybridized carbons (Fsp3) is 0.462. The summed E-state index contributed by atoms with van der Waals surface area (Å²) in [4.78, 5) is 11.4. The van der Waals surface area contributed by atoms with Crippen LogP contribution in [0.1, 0.15) is 36.5 Å². The van der Waals surface area contributed by atoms with Crippen LogP contribution in [-0.4, -0.2) is 18.7 Å². The molecular formula is C13H16O3. The molecule has 1 aromatic carbocycles. The number of carbonyl (C=O) groups excluding carboxylic acids is 1. The second-order valence-electron chi connectivity index (χ2n) is 3.92. The van der Waals surface area contributed by atoms with Crippen LogP contribution in [0.3, 0.4) is 0 Å². The van der Waals surface area contributed by atoms with Crippen molar-refractivity contribution >= 4 is 5.97 Å². The van der Waals surface area contributed by atoms with Gasteiger partial charge in [0.05, 0.1) is 18.3 Å². The van der Waals surface area contributed by atoms with Gasteiger partial charge in [0.2, 0.25) is 0 Å². The maximum Gasteiger partial charge on any atom is 0.338 e. The summed E-state index contributed by atoms with van der Waals surface area (Å²) in [5.74, 6) is 0.551. The molecule has 0 bridgehead atoms. The van der Waals surface area contributed by atoms with Crippen molar-refractivity contribution < 1.29 is 14.3 Å². The summed E-state index contributed by atoms with van der Waals surface area (Å²) in [5, 5.41) is 0. The summed E-state index contributed by atoms with van der Waals surface area (Å²) in [5.41, 5.74) is 0.572. The van der Waals surface area contributed by atoms with Crippen molar-refractivity contribution in [2.75, 3.05) is 6.61 Å². The van der Waals surface area contributed by atoms with E-state index in [1.54, 1.807) is 19.1 Å². The minimum absolute atomic E-state index is 0.280. The molecule has 0 aliphatic heterocycles. The monoisotopic (exact) mass is 220 g/mol. The number of hydrogen-bond acceptors (Lipinski definition) is 3. The average Bonchev–Trinajstić information content (AvgIpc) is 2.25. The zero-order valence-corrected chi connectivity index (χ0v) is 9.44. The van der Waals surface area contributed by atoms with Crippen molar-refractivity contribution in [3.05, 3.63) is 29.8 Å². The molecule has 1 aliphatic rings. The van der Waals surface area contributed by atoms with E-state index < -0.39 is 0 Å². The molecule has 0 amide bonds. The minimum atomic E-state index is -0.280. The lowest BCUT2D eigenvalue weighted by Crippen LogP contribution is -2.24. The lowest BCUT2D eigenvalue weighted by atomic mass is 9.96. The summed E-state index contributed by atoms with van der Waals surface area (Å²) in [6, 6.07) is 7.13. The molecule has 0 aromatic heterocycles. The molecule has 1 fully saturated rings. The average molecular weight is 220 g/mol. The van der Waals surface area contributed by atoms with Gasteiger partial charge in [-0.1, -0.05) is 0 Å². The van der Waals surface area contributed by atoms with Gasteiger partial charge >= 0.3 is 5.97 Å². The highest BCUT2D eigenvalue weighted by atomic mass is 16.5. The van der Waals surface area contributed by atoms with Gasteiger partial charge < -0.3 is 9.47 Å². The zero-order valence-electron chi connectivity index (χ0n) is 9.44. The third-order valence-electron chi connectivity index (χ3n) is 2.72. The van der Waals surface area contributed by atoms with E-state index >= 15 is 0 Å². The molecule has 1 aromatic rings. The number of esters is 1. The Hall–Kier alpha value is -1.51. The van der Waals surface area contributed by atoms with Gasteiger partial charge in [0, 0.05) is 0 Å². The van der Waals surface area contributed by atoms with E-state index in [1.807, 2.05) is 12.1 Å². The van der Waals surface area contributed by atoms with E-state index in [4.69, 9.17) is 9.47 Å². The number of ether oxygens (including phenoxy) is 2. The second kappa shape index (κ2) is 5.01. The molecule has 0 spiro atoms. The summed E-state index contributed by atoms with van der Waals surface area (Å²) in [6.07, 6.45) is 3.90. The molecule has 2 rings (SSSR count). The van der Waals surface area contributed by atoms with Crippen molar-refractivity contribution in [2.45, 2.75) is 32.3 Å². The van der Waals surface area contributed by atoms with E-state index in [0.29, 0.717) is 18.3 Å². The first-order valence-corrected chi connectivity index (χ1v) is 5.73. The number of hydrogen-bond donors (Lipinski definition) is 0. The van der Waals surface area contributed by atoms with Gasteiger partial charge in [0.1, 0.15) is 5.75 Å². The summed E-state index contributed by atoms with van der Waals surface area (Å²) in [7, 11) is 0. The number of carbonyl (C=O) groups is 1. The lowest BCUT2D eigenvalue weighted by Gasteiger charge is -2.26. The van der Waals surface area contributed by atoms with Gasteiger partial charge in [-0.2, -0.15) is 0 Å². The minimum Gasteiger partial charge on any atom is -0.490 e. The lowest BCUT2D eigenvalue weighted by molar-refractivity contribution is 0.0526. The molecule has 0 atom stereocenters. The number of rotatable bonds is 4. The van der Waals surface area contributed by atoms with Crippen molar-refractivity contribution in [3.63, 3.8) is 0 Å². The van der Waals surface area contributed by atoms with Gasteiger partial charge in [0.15, 0.2) is 0 Å². The molecule has 3 heteroatoms. The van der Waals surface area contributed by atoms with Crippen molar-refractivity contribution in [1.82, 2.24) is 0 Å². The maximum atomic E-state index is 11.4. The van der Waals surface area contributed by atoms with E-state index in [9.17, 15) is 4.79 Å². The summed E-state index contributed by atoms with van der Waals surface area (Å²) < 4.78 is 10.6. The van der Waals surface area contributed by atoms with Crippen LogP contribution < -0.4 is 4.74 Å². The van der Waals surface area contributed by atoms with E-state index in [2.05, 4.69) is 0 Å². The molecule has 0 radical (unpaired) electrons. The Balaban J connectivity index is 1.95. The molecule has 1 saturated carbocycles. The normalized spacial score (nSPS) is 15.3. The summed E-state index contributed by atoms with van der Waals surface area (Å²) >= 11 is 0. The van der Waals surface area contributed by atoms with Crippen LogP contribution in [0.2, 0.25) is 0 Å². The van der Waals surface area contributed by atoms with Crippen LogP contribution in [0.15, 0.2) is 24.3 Å². The van der Waals surface area contributed by atoms with Gasteiger partial charge in [-0.25, -0.2) is 4.79 Å². The largest absolute Gasteiger partial charge is 0.490 e. The van der Waals surface area contributed by atoms with Crippen LogP contribution in [0.5, 0.6) is 5.75 Å². The smallest absolute Gasteiger partial charge is 0.338 e. The Bertz CT molecular complexity index is 352. The number of benzene rings is 1. The predicted molar refractivity (Wildman–Crippen MR) is 60.7 cm³/mol. The highest BCUT2D eigenvalue weighted by Crippen LogP contribution is 2.25. The van der Waals surface area contributed by atoms with Crippen molar-refractivity contribution in [1.29, 1.82) is 0 Å². The molecule has 0 unspecified atom stereocenters. The molecule has 86 valence electrons. The highest BCUT2D eigenvalue weighted by Gasteiger charge is 2.19. The standard InChI is InChI=1S/C13H16O3/c1-2-15-13(14)10-6-8-12(9-7-10)16-11-4-3-5-11/h6-9,11H,2-5H2,1H3. The van der Waals surface area contributed by atoms with Crippen LogP contribution in [0.25, 0.3) is 0 Å². The molecular weight excluding hydrogens is 204 g/mol. The molecule has 3 nitrogen and oxygen atoms in total. The predicted octanol–water partition coefficient (Wildman–Crippen LogP) is 2.79. The third-order valence-corrected chi connectivity index (χ3v) is 2.72. The Morgan fingerprint density at radius 2 is 2.00 bits per heavy atom. The molecule has 0 N–H and O–H groups in total. The topological polar surface area (TPSA) is 35.5 Å². The highest BCUT2D eigenvalue weighted by molar-refractivity contribution is 5.89. The fourth-order valence-corrected chi connectivity index (χ4v) is 1.57. The van der Waals surface area contributed by atoms with E-state index in [1.165, 1.54) is 6.42 Å². The van der Waals surface area contributed by atoms with Crippen LogP contribution in [-0.2, 0) is 4.74 Å². The Labute approximate surface area is 95.4 Å².